The molecule has 0 atom stereocenters. The number of rotatable bonds is 3. The minimum atomic E-state index is -0.397. The highest BCUT2D eigenvalue weighted by molar-refractivity contribution is 5.90. The first-order valence-electron chi connectivity index (χ1n) is 4.70. The zero-order valence-electron chi connectivity index (χ0n) is 9.01. The van der Waals surface area contributed by atoms with Crippen LogP contribution in [0.3, 0.4) is 0 Å². The molecule has 2 aromatic heterocycles. The molecule has 0 aliphatic carbocycles. The average Bonchev–Trinajstić information content (AvgIpc) is 2.88. The summed E-state index contributed by atoms with van der Waals surface area (Å²) in [5.74, 6) is 0.788. The lowest BCUT2D eigenvalue weighted by Crippen LogP contribution is -2.01. The van der Waals surface area contributed by atoms with Crippen LogP contribution in [-0.2, 0) is 11.3 Å². The Morgan fingerprint density at radius 3 is 3.06 bits per heavy atom. The Morgan fingerprint density at radius 2 is 2.44 bits per heavy atom. The molecule has 0 saturated carbocycles. The summed E-state index contributed by atoms with van der Waals surface area (Å²) in [6.07, 6.45) is 3.02. The van der Waals surface area contributed by atoms with Crippen molar-refractivity contribution in [2.45, 2.75) is 13.5 Å². The number of ether oxygens (including phenoxy) is 1. The van der Waals surface area contributed by atoms with Crippen molar-refractivity contribution in [3.05, 3.63) is 35.8 Å². The maximum absolute atomic E-state index is 11.3. The van der Waals surface area contributed by atoms with Crippen molar-refractivity contribution in [2.24, 2.45) is 0 Å². The van der Waals surface area contributed by atoms with Crippen LogP contribution in [0.5, 0.6) is 0 Å². The van der Waals surface area contributed by atoms with Crippen molar-refractivity contribution < 1.29 is 13.9 Å². The number of aromatic nitrogens is 3. The highest BCUT2D eigenvalue weighted by Gasteiger charge is 2.15. The fraction of sp³-hybridized carbons (Fsp3) is 0.300. The summed E-state index contributed by atoms with van der Waals surface area (Å²) in [6, 6.07) is 1.66. The zero-order valence-corrected chi connectivity index (χ0v) is 9.01. The molecule has 2 rings (SSSR count). The molecular formula is C10H11N3O3. The minimum absolute atomic E-state index is 0.397. The van der Waals surface area contributed by atoms with Gasteiger partial charge in [-0.3, -0.25) is 0 Å². The number of esters is 1. The molecule has 0 bridgehead atoms. The molecule has 84 valence electrons. The first-order chi connectivity index (χ1) is 7.70. The largest absolute Gasteiger partial charge is 0.465 e. The van der Waals surface area contributed by atoms with Gasteiger partial charge < -0.3 is 9.15 Å². The van der Waals surface area contributed by atoms with E-state index in [-0.39, 0.29) is 0 Å². The van der Waals surface area contributed by atoms with Crippen molar-refractivity contribution in [3.8, 4) is 0 Å². The van der Waals surface area contributed by atoms with Crippen LogP contribution in [-0.4, -0.2) is 27.8 Å². The van der Waals surface area contributed by atoms with Gasteiger partial charge >= 0.3 is 5.97 Å². The molecule has 0 saturated heterocycles. The molecular weight excluding hydrogens is 210 g/mol. The molecule has 0 radical (unpaired) electrons. The molecule has 6 heteroatoms. The predicted molar refractivity (Wildman–Crippen MR) is 53.9 cm³/mol. The van der Waals surface area contributed by atoms with E-state index in [2.05, 4.69) is 14.8 Å². The van der Waals surface area contributed by atoms with Gasteiger partial charge in [0.2, 0.25) is 0 Å². The number of nitrogens with zero attached hydrogens (tertiary/aromatic N) is 3. The molecule has 16 heavy (non-hydrogen) atoms. The lowest BCUT2D eigenvalue weighted by Gasteiger charge is -1.94. The van der Waals surface area contributed by atoms with Gasteiger partial charge in [0.25, 0.3) is 0 Å². The van der Waals surface area contributed by atoms with E-state index in [0.29, 0.717) is 23.6 Å². The number of hydrogen-bond acceptors (Lipinski definition) is 5. The van der Waals surface area contributed by atoms with Gasteiger partial charge in [-0.25, -0.2) is 14.5 Å². The molecule has 0 aliphatic rings. The predicted octanol–water partition coefficient (Wildman–Crippen LogP) is 1.01. The lowest BCUT2D eigenvalue weighted by molar-refractivity contribution is 0.0599. The Kier molecular flexibility index (Phi) is 2.72. The van der Waals surface area contributed by atoms with E-state index in [1.165, 1.54) is 13.4 Å². The van der Waals surface area contributed by atoms with E-state index in [1.807, 2.05) is 0 Å². The molecule has 6 nitrogen and oxygen atoms in total. The van der Waals surface area contributed by atoms with Crippen LogP contribution >= 0.6 is 0 Å². The quantitative estimate of drug-likeness (QED) is 0.723. The van der Waals surface area contributed by atoms with Gasteiger partial charge in [0, 0.05) is 0 Å². The van der Waals surface area contributed by atoms with Crippen molar-refractivity contribution >= 4 is 5.97 Å². The fourth-order valence-corrected chi connectivity index (χ4v) is 1.41. The van der Waals surface area contributed by atoms with Crippen LogP contribution < -0.4 is 0 Å². The van der Waals surface area contributed by atoms with Crippen LogP contribution in [0.2, 0.25) is 0 Å². The number of hydrogen-bond donors (Lipinski definition) is 0. The first-order valence-corrected chi connectivity index (χ1v) is 4.70. The van der Waals surface area contributed by atoms with E-state index in [9.17, 15) is 4.79 Å². The van der Waals surface area contributed by atoms with Gasteiger partial charge in [-0.15, -0.1) is 0 Å². The molecule has 0 amide bonds. The van der Waals surface area contributed by atoms with Gasteiger partial charge in [-0.05, 0) is 13.0 Å². The Labute approximate surface area is 91.8 Å². The van der Waals surface area contributed by atoms with Crippen LogP contribution in [0, 0.1) is 6.92 Å². The fourth-order valence-electron chi connectivity index (χ4n) is 1.41. The van der Waals surface area contributed by atoms with Crippen molar-refractivity contribution in [1.29, 1.82) is 0 Å². The summed E-state index contributed by atoms with van der Waals surface area (Å²) in [7, 11) is 1.34. The smallest absolute Gasteiger partial charge is 0.341 e. The van der Waals surface area contributed by atoms with Gasteiger partial charge in [0.05, 0.1) is 7.11 Å². The Morgan fingerprint density at radius 1 is 1.62 bits per heavy atom. The molecule has 0 spiro atoms. The van der Waals surface area contributed by atoms with Gasteiger partial charge in [-0.1, -0.05) is 0 Å². The monoisotopic (exact) mass is 221 g/mol. The second-order valence-electron chi connectivity index (χ2n) is 3.27. The topological polar surface area (TPSA) is 70.2 Å². The van der Waals surface area contributed by atoms with E-state index in [0.717, 1.165) is 0 Å². The second-order valence-corrected chi connectivity index (χ2v) is 3.27. The third kappa shape index (κ3) is 1.95. The van der Waals surface area contributed by atoms with E-state index < -0.39 is 5.97 Å². The maximum atomic E-state index is 11.3. The summed E-state index contributed by atoms with van der Waals surface area (Å²) >= 11 is 0. The number of carbonyl (C=O) groups excluding carboxylic acids is 1. The van der Waals surface area contributed by atoms with Crippen molar-refractivity contribution in [1.82, 2.24) is 14.8 Å². The van der Waals surface area contributed by atoms with Crippen LogP contribution in [0.25, 0.3) is 0 Å². The van der Waals surface area contributed by atoms with E-state index in [4.69, 9.17) is 4.42 Å². The first kappa shape index (κ1) is 10.4. The van der Waals surface area contributed by atoms with E-state index in [1.54, 1.807) is 24.0 Å². The number of aryl methyl sites for hydroxylation is 1. The van der Waals surface area contributed by atoms with Gasteiger partial charge in [-0.2, -0.15) is 5.10 Å². The molecule has 0 unspecified atom stereocenters. The van der Waals surface area contributed by atoms with Crippen LogP contribution in [0.1, 0.15) is 21.9 Å². The third-order valence-corrected chi connectivity index (χ3v) is 2.16. The minimum Gasteiger partial charge on any atom is -0.465 e. The highest BCUT2D eigenvalue weighted by atomic mass is 16.5. The number of carbonyl (C=O) groups is 1. The molecule has 0 fully saturated rings. The summed E-state index contributed by atoms with van der Waals surface area (Å²) < 4.78 is 11.7. The Hall–Kier alpha value is -2.11. The average molecular weight is 221 g/mol. The third-order valence-electron chi connectivity index (χ3n) is 2.16. The summed E-state index contributed by atoms with van der Waals surface area (Å²) in [5.41, 5.74) is 0.442. The molecule has 0 aliphatic heterocycles. The van der Waals surface area contributed by atoms with Crippen LogP contribution in [0.4, 0.5) is 0 Å². The molecule has 0 aromatic carbocycles. The van der Waals surface area contributed by atoms with Gasteiger partial charge in [0.1, 0.15) is 36.3 Å². The maximum Gasteiger partial charge on any atom is 0.341 e. The van der Waals surface area contributed by atoms with Crippen molar-refractivity contribution in [3.63, 3.8) is 0 Å². The summed E-state index contributed by atoms with van der Waals surface area (Å²) in [4.78, 5) is 15.2. The molecule has 0 N–H and O–H groups in total. The normalized spacial score (nSPS) is 10.4. The number of furan rings is 1. The van der Waals surface area contributed by atoms with E-state index >= 15 is 0 Å². The summed E-state index contributed by atoms with van der Waals surface area (Å²) in [6.45, 7) is 2.16. The molecule has 2 heterocycles. The Bertz CT molecular complexity index is 487. The zero-order chi connectivity index (χ0) is 11.5. The Balaban J connectivity index is 2.21. The van der Waals surface area contributed by atoms with Crippen molar-refractivity contribution in [2.75, 3.05) is 7.11 Å². The summed E-state index contributed by atoms with van der Waals surface area (Å²) in [5, 5.41) is 3.94. The molecule has 2 aromatic rings. The lowest BCUT2D eigenvalue weighted by atomic mass is 10.2. The van der Waals surface area contributed by atoms with Gasteiger partial charge in [0.15, 0.2) is 0 Å². The second kappa shape index (κ2) is 4.18. The highest BCUT2D eigenvalue weighted by Crippen LogP contribution is 2.16. The van der Waals surface area contributed by atoms with Crippen LogP contribution in [0.15, 0.2) is 23.1 Å². The number of methoxy groups -OCH3 is 1. The standard InChI is InChI=1S/C10H11N3O3/c1-7-9(10(14)15-2)3-8(16-7)4-13-6-11-5-12-13/h3,5-6H,4H2,1-2H3. The SMILES string of the molecule is COC(=O)c1cc(Cn2cncn2)oc1C.